The lowest BCUT2D eigenvalue weighted by Gasteiger charge is -2.35. The number of hydrogen-bond acceptors (Lipinski definition) is 7. The second-order valence-electron chi connectivity index (χ2n) is 11.9. The van der Waals surface area contributed by atoms with E-state index in [2.05, 4.69) is 6.58 Å². The highest BCUT2D eigenvalue weighted by atomic mass is 19.1. The molecule has 2 saturated heterocycles. The molecule has 11 heteroatoms. The summed E-state index contributed by atoms with van der Waals surface area (Å²) < 4.78 is 45.0. The Hall–Kier alpha value is -3.83. The van der Waals surface area contributed by atoms with Gasteiger partial charge >= 0.3 is 12.2 Å². The maximum absolute atomic E-state index is 14.2. The van der Waals surface area contributed by atoms with Crippen molar-refractivity contribution in [1.29, 1.82) is 0 Å². The topological polar surface area (TPSA) is 106 Å². The lowest BCUT2D eigenvalue weighted by Crippen LogP contribution is -2.53. The second kappa shape index (κ2) is 13.6. The number of hydrogen-bond donors (Lipinski definition) is 1. The molecule has 2 aliphatic heterocycles. The molecule has 0 aromatic heterocycles. The van der Waals surface area contributed by atoms with Crippen molar-refractivity contribution in [2.24, 2.45) is 5.92 Å². The van der Waals surface area contributed by atoms with Gasteiger partial charge in [-0.05, 0) is 63.3 Å². The third-order valence-corrected chi connectivity index (χ3v) is 7.40. The van der Waals surface area contributed by atoms with Gasteiger partial charge in [0.2, 0.25) is 5.91 Å². The Kier molecular flexibility index (Phi) is 10.2. The minimum absolute atomic E-state index is 0.0538. The van der Waals surface area contributed by atoms with E-state index < -0.39 is 65.5 Å². The van der Waals surface area contributed by atoms with Crippen molar-refractivity contribution < 1.29 is 42.5 Å². The minimum Gasteiger partial charge on any atom is -0.447 e. The first-order valence-electron chi connectivity index (χ1n) is 14.2. The largest absolute Gasteiger partial charge is 0.447 e. The molecule has 0 bridgehead atoms. The summed E-state index contributed by atoms with van der Waals surface area (Å²) in [4.78, 5) is 42.6. The number of ether oxygens (including phenoxy) is 3. The summed E-state index contributed by atoms with van der Waals surface area (Å²) in [5.41, 5.74) is 0.121. The smallest absolute Gasteiger partial charge is 0.416 e. The number of carbonyl (C=O) groups is 3. The van der Waals surface area contributed by atoms with Crippen molar-refractivity contribution >= 4 is 18.1 Å². The Labute approximate surface area is 250 Å². The van der Waals surface area contributed by atoms with Crippen LogP contribution in [0.5, 0.6) is 0 Å². The summed E-state index contributed by atoms with van der Waals surface area (Å²) in [6.45, 7) is 8.97. The van der Waals surface area contributed by atoms with Gasteiger partial charge in [-0.3, -0.25) is 9.69 Å². The maximum Gasteiger partial charge on any atom is 0.416 e. The number of benzene rings is 2. The van der Waals surface area contributed by atoms with Gasteiger partial charge in [-0.25, -0.2) is 23.3 Å². The van der Waals surface area contributed by atoms with E-state index in [1.54, 1.807) is 26.8 Å². The summed E-state index contributed by atoms with van der Waals surface area (Å²) in [5, 5.41) is 11.9. The standard InChI is InChI=1S/C32H38F2N2O7/c1-5-11-41-25-17-27(35(18-25)30(39)43-32(2,3)4)28(37)26(15-21-12-22(33)16-23(34)13-21)29(38)36-24(19-42-31(36)40)14-20-9-7-6-8-10-20/h5-10,12-13,16,24-28,37H,1,11,14-15,17-19H2,2-4H3/t24?,25-,26+,27-,28+/m1/s1. The molecule has 3 amide bonds. The molecule has 0 spiro atoms. The number of halogens is 2. The molecule has 1 N–H and O–H groups in total. The summed E-state index contributed by atoms with van der Waals surface area (Å²) >= 11 is 0. The third-order valence-electron chi connectivity index (χ3n) is 7.40. The fraction of sp³-hybridized carbons (Fsp3) is 0.469. The van der Waals surface area contributed by atoms with Crippen LogP contribution < -0.4 is 0 Å². The average Bonchev–Trinajstić information content (AvgIpc) is 3.52. The molecule has 43 heavy (non-hydrogen) atoms. The van der Waals surface area contributed by atoms with Gasteiger partial charge in [-0.15, -0.1) is 6.58 Å². The molecule has 2 aromatic rings. The van der Waals surface area contributed by atoms with Crippen LogP contribution in [0.2, 0.25) is 0 Å². The number of carbonyl (C=O) groups excluding carboxylic acids is 3. The summed E-state index contributed by atoms with van der Waals surface area (Å²) in [6.07, 6.45) is -1.97. The second-order valence-corrected chi connectivity index (χ2v) is 11.9. The van der Waals surface area contributed by atoms with Crippen LogP contribution in [-0.2, 0) is 31.8 Å². The van der Waals surface area contributed by atoms with Crippen LogP contribution in [0.15, 0.2) is 61.2 Å². The van der Waals surface area contributed by atoms with Gasteiger partial charge in [0.1, 0.15) is 23.8 Å². The van der Waals surface area contributed by atoms with Crippen molar-refractivity contribution in [2.45, 2.75) is 69.9 Å². The Balaban J connectivity index is 1.68. The van der Waals surface area contributed by atoms with Crippen molar-refractivity contribution in [3.05, 3.63) is 83.9 Å². The monoisotopic (exact) mass is 600 g/mol. The first kappa shape index (κ1) is 32.1. The van der Waals surface area contributed by atoms with Gasteiger partial charge in [0.25, 0.3) is 0 Å². The minimum atomic E-state index is -1.56. The van der Waals surface area contributed by atoms with Crippen LogP contribution in [0.3, 0.4) is 0 Å². The fourth-order valence-electron chi connectivity index (χ4n) is 5.56. The molecule has 0 radical (unpaired) electrons. The number of imide groups is 1. The van der Waals surface area contributed by atoms with E-state index in [0.717, 1.165) is 22.6 Å². The molecule has 2 heterocycles. The Morgan fingerprint density at radius 1 is 1.14 bits per heavy atom. The summed E-state index contributed by atoms with van der Waals surface area (Å²) in [7, 11) is 0. The molecule has 5 atom stereocenters. The SMILES string of the molecule is C=CCO[C@@H]1C[C@H]([C@@H](O)[C@H](Cc2cc(F)cc(F)c2)C(=O)N2C(=O)OCC2Cc2ccccc2)N(C(=O)OC(C)(C)C)C1. The zero-order valence-corrected chi connectivity index (χ0v) is 24.6. The highest BCUT2D eigenvalue weighted by Crippen LogP contribution is 2.32. The zero-order valence-electron chi connectivity index (χ0n) is 24.6. The third kappa shape index (κ3) is 8.17. The summed E-state index contributed by atoms with van der Waals surface area (Å²) in [5.74, 6) is -3.86. The molecule has 9 nitrogen and oxygen atoms in total. The van der Waals surface area contributed by atoms with Crippen molar-refractivity contribution in [3.63, 3.8) is 0 Å². The van der Waals surface area contributed by atoms with Crippen LogP contribution in [-0.4, -0.2) is 82.7 Å². The Morgan fingerprint density at radius 2 is 1.81 bits per heavy atom. The number of nitrogens with zero attached hydrogens (tertiary/aromatic N) is 2. The van der Waals surface area contributed by atoms with Crippen molar-refractivity contribution in [1.82, 2.24) is 9.80 Å². The molecule has 232 valence electrons. The highest BCUT2D eigenvalue weighted by molar-refractivity contribution is 5.95. The van der Waals surface area contributed by atoms with E-state index in [-0.39, 0.29) is 38.2 Å². The molecule has 0 saturated carbocycles. The molecule has 2 aliphatic rings. The van der Waals surface area contributed by atoms with Crippen molar-refractivity contribution in [2.75, 3.05) is 19.8 Å². The van der Waals surface area contributed by atoms with E-state index in [4.69, 9.17) is 14.2 Å². The van der Waals surface area contributed by atoms with Gasteiger partial charge in [0, 0.05) is 6.07 Å². The van der Waals surface area contributed by atoms with E-state index >= 15 is 0 Å². The molecular formula is C32H38F2N2O7. The van der Waals surface area contributed by atoms with E-state index in [1.807, 2.05) is 30.3 Å². The molecular weight excluding hydrogens is 562 g/mol. The predicted octanol–water partition coefficient (Wildman–Crippen LogP) is 4.66. The maximum atomic E-state index is 14.2. The molecule has 4 rings (SSSR count). The summed E-state index contributed by atoms with van der Waals surface area (Å²) in [6, 6.07) is 10.4. The van der Waals surface area contributed by atoms with Crippen LogP contribution in [0, 0.1) is 17.6 Å². The zero-order chi connectivity index (χ0) is 31.3. The van der Waals surface area contributed by atoms with Crippen LogP contribution in [0.25, 0.3) is 0 Å². The van der Waals surface area contributed by atoms with Crippen LogP contribution in [0.4, 0.5) is 18.4 Å². The number of aliphatic hydroxyl groups is 1. The number of rotatable bonds is 10. The van der Waals surface area contributed by atoms with Crippen LogP contribution in [0.1, 0.15) is 38.3 Å². The Bertz CT molecular complexity index is 1300. The number of likely N-dealkylation sites (tertiary alicyclic amines) is 1. The Morgan fingerprint density at radius 3 is 2.44 bits per heavy atom. The molecule has 2 fully saturated rings. The number of aliphatic hydroxyl groups excluding tert-OH is 1. The first-order valence-corrected chi connectivity index (χ1v) is 14.2. The van der Waals surface area contributed by atoms with Gasteiger partial charge in [0.15, 0.2) is 0 Å². The van der Waals surface area contributed by atoms with Gasteiger partial charge in [-0.2, -0.15) is 0 Å². The molecule has 2 aromatic carbocycles. The lowest BCUT2D eigenvalue weighted by atomic mass is 9.87. The quantitative estimate of drug-likeness (QED) is 0.396. The normalized spacial score (nSPS) is 21.8. The molecule has 1 unspecified atom stereocenters. The number of amides is 3. The predicted molar refractivity (Wildman–Crippen MR) is 153 cm³/mol. The van der Waals surface area contributed by atoms with E-state index in [1.165, 1.54) is 4.90 Å². The average molecular weight is 601 g/mol. The number of cyclic esters (lactones) is 1. The van der Waals surface area contributed by atoms with Crippen LogP contribution >= 0.6 is 0 Å². The van der Waals surface area contributed by atoms with Crippen molar-refractivity contribution in [3.8, 4) is 0 Å². The van der Waals surface area contributed by atoms with Gasteiger partial charge in [0.05, 0.1) is 43.4 Å². The lowest BCUT2D eigenvalue weighted by molar-refractivity contribution is -0.138. The van der Waals surface area contributed by atoms with Gasteiger partial charge < -0.3 is 19.3 Å². The van der Waals surface area contributed by atoms with E-state index in [9.17, 15) is 28.3 Å². The first-order chi connectivity index (χ1) is 20.4. The van der Waals surface area contributed by atoms with E-state index in [0.29, 0.717) is 12.5 Å². The fourth-order valence-corrected chi connectivity index (χ4v) is 5.56. The van der Waals surface area contributed by atoms with Gasteiger partial charge in [-0.1, -0.05) is 36.4 Å². The molecule has 0 aliphatic carbocycles. The highest BCUT2D eigenvalue weighted by Gasteiger charge is 2.49.